The molecule has 1 rings (SSSR count). The molecule has 0 aliphatic carbocycles. The lowest BCUT2D eigenvalue weighted by Crippen LogP contribution is -2.43. The zero-order valence-electron chi connectivity index (χ0n) is 13.4. The van der Waals surface area contributed by atoms with E-state index in [1.54, 1.807) is 7.05 Å². The lowest BCUT2D eigenvalue weighted by molar-refractivity contribution is 0.581. The van der Waals surface area contributed by atoms with Gasteiger partial charge in [-0.1, -0.05) is 30.3 Å². The molecule has 0 radical (unpaired) electrons. The van der Waals surface area contributed by atoms with Crippen molar-refractivity contribution < 1.29 is 8.42 Å². The maximum absolute atomic E-state index is 11.1. The molecule has 1 atom stereocenters. The van der Waals surface area contributed by atoms with Gasteiger partial charge >= 0.3 is 0 Å². The molecule has 126 valence electrons. The maximum atomic E-state index is 11.1. The van der Waals surface area contributed by atoms with Crippen LogP contribution < -0.4 is 10.6 Å². The second-order valence-corrected chi connectivity index (χ2v) is 7.46. The third-order valence-electron chi connectivity index (χ3n) is 3.08. The Balaban J connectivity index is 0.00000441. The average Bonchev–Trinajstić information content (AvgIpc) is 2.44. The van der Waals surface area contributed by atoms with Gasteiger partial charge in [0.2, 0.25) is 0 Å². The van der Waals surface area contributed by atoms with Crippen molar-refractivity contribution in [3.63, 3.8) is 0 Å². The summed E-state index contributed by atoms with van der Waals surface area (Å²) in [7, 11) is -1.21. The van der Waals surface area contributed by atoms with Gasteiger partial charge in [-0.05, 0) is 25.3 Å². The Morgan fingerprint density at radius 3 is 2.45 bits per heavy atom. The van der Waals surface area contributed by atoms with E-state index in [1.165, 1.54) is 11.8 Å². The molecular formula is C15H26IN3O2S. The molecule has 5 nitrogen and oxygen atoms in total. The summed E-state index contributed by atoms with van der Waals surface area (Å²) in [6.45, 7) is 2.73. The van der Waals surface area contributed by atoms with E-state index in [0.29, 0.717) is 12.4 Å². The third kappa shape index (κ3) is 9.99. The first-order valence-electron chi connectivity index (χ1n) is 7.09. The van der Waals surface area contributed by atoms with Crippen LogP contribution in [0, 0.1) is 0 Å². The summed E-state index contributed by atoms with van der Waals surface area (Å²) in [6, 6.07) is 10.3. The van der Waals surface area contributed by atoms with Crippen molar-refractivity contribution in [1.82, 2.24) is 10.6 Å². The molecule has 0 aliphatic heterocycles. The first-order chi connectivity index (χ1) is 9.90. The number of halogens is 1. The van der Waals surface area contributed by atoms with Crippen molar-refractivity contribution in [1.29, 1.82) is 0 Å². The average molecular weight is 439 g/mol. The van der Waals surface area contributed by atoms with Gasteiger partial charge in [0.15, 0.2) is 5.96 Å². The van der Waals surface area contributed by atoms with E-state index in [9.17, 15) is 8.42 Å². The molecular weight excluding hydrogens is 413 g/mol. The highest BCUT2D eigenvalue weighted by Crippen LogP contribution is 1.98. The fraction of sp³-hybridized carbons (Fsp3) is 0.533. The van der Waals surface area contributed by atoms with Crippen molar-refractivity contribution in [2.24, 2.45) is 4.99 Å². The number of hydrogen-bond donors (Lipinski definition) is 2. The Morgan fingerprint density at radius 1 is 1.27 bits per heavy atom. The molecule has 7 heteroatoms. The van der Waals surface area contributed by atoms with Gasteiger partial charge < -0.3 is 10.6 Å². The van der Waals surface area contributed by atoms with Crippen molar-refractivity contribution in [3.05, 3.63) is 35.9 Å². The summed E-state index contributed by atoms with van der Waals surface area (Å²) < 4.78 is 22.3. The summed E-state index contributed by atoms with van der Waals surface area (Å²) >= 11 is 0. The molecule has 0 amide bonds. The van der Waals surface area contributed by atoms with E-state index < -0.39 is 9.84 Å². The Bertz CT molecular complexity index is 547. The van der Waals surface area contributed by atoms with Crippen molar-refractivity contribution in [3.8, 4) is 0 Å². The van der Waals surface area contributed by atoms with Crippen LogP contribution in [0.15, 0.2) is 35.3 Å². The van der Waals surface area contributed by atoms with E-state index in [0.717, 1.165) is 13.0 Å². The Kier molecular flexibility index (Phi) is 10.4. The van der Waals surface area contributed by atoms with Crippen molar-refractivity contribution in [2.45, 2.75) is 25.8 Å². The Morgan fingerprint density at radius 2 is 1.91 bits per heavy atom. The second kappa shape index (κ2) is 10.8. The highest BCUT2D eigenvalue weighted by atomic mass is 127. The second-order valence-electron chi connectivity index (χ2n) is 5.20. The van der Waals surface area contributed by atoms with Crippen LogP contribution in [0.1, 0.15) is 18.9 Å². The molecule has 2 N–H and O–H groups in total. The fourth-order valence-corrected chi connectivity index (χ4v) is 2.64. The first kappa shape index (κ1) is 21.2. The zero-order chi connectivity index (χ0) is 15.7. The van der Waals surface area contributed by atoms with E-state index in [2.05, 4.69) is 27.8 Å². The number of aliphatic imine (C=N–C) groups is 1. The number of nitrogens with zero attached hydrogens (tertiary/aromatic N) is 1. The molecule has 1 aromatic rings. The van der Waals surface area contributed by atoms with Gasteiger partial charge in [0.1, 0.15) is 9.84 Å². The normalized spacial score (nSPS) is 13.1. The minimum absolute atomic E-state index is 0. The SMILES string of the molecule is CN=C(NCCc1ccccc1)NC(C)CCS(C)(=O)=O.I. The number of nitrogens with one attached hydrogen (secondary N) is 2. The van der Waals surface area contributed by atoms with Gasteiger partial charge in [0, 0.05) is 25.9 Å². The van der Waals surface area contributed by atoms with Crippen LogP contribution in [-0.4, -0.2) is 46.0 Å². The standard InChI is InChI=1S/C15H25N3O2S.HI/c1-13(10-12-21(3,19)20)18-15(16-2)17-11-9-14-7-5-4-6-8-14;/h4-8,13H,9-12H2,1-3H3,(H2,16,17,18);1H. The smallest absolute Gasteiger partial charge is 0.191 e. The van der Waals surface area contributed by atoms with Crippen molar-refractivity contribution in [2.75, 3.05) is 25.6 Å². The number of sulfone groups is 1. The van der Waals surface area contributed by atoms with E-state index in [4.69, 9.17) is 0 Å². The topological polar surface area (TPSA) is 70.6 Å². The maximum Gasteiger partial charge on any atom is 0.191 e. The lowest BCUT2D eigenvalue weighted by atomic mass is 10.1. The van der Waals surface area contributed by atoms with E-state index in [1.807, 2.05) is 25.1 Å². The number of benzene rings is 1. The van der Waals surface area contributed by atoms with E-state index in [-0.39, 0.29) is 35.8 Å². The number of hydrogen-bond acceptors (Lipinski definition) is 3. The lowest BCUT2D eigenvalue weighted by Gasteiger charge is -2.17. The predicted molar refractivity (Wildman–Crippen MR) is 104 cm³/mol. The van der Waals surface area contributed by atoms with Gasteiger partial charge in [0.05, 0.1) is 5.75 Å². The van der Waals surface area contributed by atoms with Crippen LogP contribution in [-0.2, 0) is 16.3 Å². The van der Waals surface area contributed by atoms with E-state index >= 15 is 0 Å². The Labute approximate surface area is 150 Å². The zero-order valence-corrected chi connectivity index (χ0v) is 16.5. The van der Waals surface area contributed by atoms with Gasteiger partial charge in [-0.15, -0.1) is 24.0 Å². The summed E-state index contributed by atoms with van der Waals surface area (Å²) in [5.74, 6) is 0.884. The molecule has 0 bridgehead atoms. The fourth-order valence-electron chi connectivity index (χ4n) is 1.86. The minimum Gasteiger partial charge on any atom is -0.356 e. The number of rotatable bonds is 7. The molecule has 0 fully saturated rings. The van der Waals surface area contributed by atoms with Gasteiger partial charge in [-0.3, -0.25) is 4.99 Å². The van der Waals surface area contributed by atoms with Gasteiger partial charge in [0.25, 0.3) is 0 Å². The molecule has 0 heterocycles. The summed E-state index contributed by atoms with van der Waals surface area (Å²) in [5.41, 5.74) is 1.27. The molecule has 0 saturated heterocycles. The number of guanidine groups is 1. The summed E-state index contributed by atoms with van der Waals surface area (Å²) in [6.07, 6.45) is 2.74. The molecule has 1 unspecified atom stereocenters. The first-order valence-corrected chi connectivity index (χ1v) is 9.15. The summed E-state index contributed by atoms with van der Waals surface area (Å²) in [4.78, 5) is 4.15. The molecule has 0 saturated carbocycles. The van der Waals surface area contributed by atoms with Crippen LogP contribution in [0.25, 0.3) is 0 Å². The predicted octanol–water partition coefficient (Wildman–Crippen LogP) is 1.84. The van der Waals surface area contributed by atoms with Crippen LogP contribution in [0.4, 0.5) is 0 Å². The minimum atomic E-state index is -2.91. The summed E-state index contributed by atoms with van der Waals surface area (Å²) in [5, 5.41) is 6.44. The highest BCUT2D eigenvalue weighted by Gasteiger charge is 2.09. The van der Waals surface area contributed by atoms with Gasteiger partial charge in [-0.25, -0.2) is 8.42 Å². The molecule has 0 aliphatic rings. The molecule has 0 aromatic heterocycles. The van der Waals surface area contributed by atoms with Crippen molar-refractivity contribution >= 4 is 39.8 Å². The largest absolute Gasteiger partial charge is 0.356 e. The van der Waals surface area contributed by atoms with Crippen LogP contribution in [0.3, 0.4) is 0 Å². The third-order valence-corrected chi connectivity index (χ3v) is 4.05. The Hall–Kier alpha value is -0.830. The monoisotopic (exact) mass is 439 g/mol. The quantitative estimate of drug-likeness (QED) is 0.387. The highest BCUT2D eigenvalue weighted by molar-refractivity contribution is 14.0. The van der Waals surface area contributed by atoms with Gasteiger partial charge in [-0.2, -0.15) is 0 Å². The molecule has 22 heavy (non-hydrogen) atoms. The van der Waals surface area contributed by atoms with Crippen LogP contribution in [0.5, 0.6) is 0 Å². The van der Waals surface area contributed by atoms with Crippen LogP contribution >= 0.6 is 24.0 Å². The van der Waals surface area contributed by atoms with Crippen LogP contribution in [0.2, 0.25) is 0 Å². The molecule has 1 aromatic carbocycles. The molecule has 0 spiro atoms.